The Labute approximate surface area is 224 Å². The standard InChI is InChI=1S/C23H16Cl3F3N4O3S/c1-2-37(34,35)19-17(20-30-31-21(36-20)22(9-10-22)23(27,28)29)32-33(16-8-7-14(25)11-15(16)26)18(19)12-3-5-13(24)6-4-12/h3-8,11H,2,9-10H2,1H3. The monoisotopic (exact) mass is 590 g/mol. The average molecular weight is 592 g/mol. The zero-order chi connectivity index (χ0) is 26.8. The van der Waals surface area contributed by atoms with Gasteiger partial charge in [-0.15, -0.1) is 10.2 Å². The van der Waals surface area contributed by atoms with Crippen LogP contribution in [0.25, 0.3) is 28.5 Å². The summed E-state index contributed by atoms with van der Waals surface area (Å²) in [5, 5.41) is 12.7. The molecule has 0 atom stereocenters. The molecule has 2 heterocycles. The molecule has 14 heteroatoms. The second-order valence-corrected chi connectivity index (χ2v) is 11.9. The Hall–Kier alpha value is -2.60. The maximum Gasteiger partial charge on any atom is 0.403 e. The molecular weight excluding hydrogens is 576 g/mol. The fourth-order valence-corrected chi connectivity index (χ4v) is 5.75. The fourth-order valence-electron chi connectivity index (χ4n) is 3.93. The first kappa shape index (κ1) is 26.0. The SMILES string of the molecule is CCS(=O)(=O)c1c(-c2nnc(C3(C(F)(F)F)CC3)o2)nn(-c2ccc(Cl)cc2Cl)c1-c1ccc(Cl)cc1. The predicted octanol–water partition coefficient (Wildman–Crippen LogP) is 6.94. The molecule has 5 rings (SSSR count). The molecule has 0 unspecified atom stereocenters. The molecular formula is C23H16Cl3F3N4O3S. The van der Waals surface area contributed by atoms with E-state index in [4.69, 9.17) is 39.2 Å². The van der Waals surface area contributed by atoms with Crippen molar-refractivity contribution in [3.8, 4) is 28.5 Å². The van der Waals surface area contributed by atoms with Gasteiger partial charge in [-0.3, -0.25) is 0 Å². The Bertz CT molecular complexity index is 1610. The number of halogens is 6. The van der Waals surface area contributed by atoms with E-state index in [2.05, 4.69) is 15.3 Å². The third kappa shape index (κ3) is 4.41. The lowest BCUT2D eigenvalue weighted by atomic mass is 10.1. The lowest BCUT2D eigenvalue weighted by Crippen LogP contribution is -2.28. The molecule has 0 aliphatic heterocycles. The number of hydrogen-bond donors (Lipinski definition) is 0. The van der Waals surface area contributed by atoms with Crippen LogP contribution in [-0.4, -0.2) is 40.3 Å². The van der Waals surface area contributed by atoms with Gasteiger partial charge in [0.1, 0.15) is 10.3 Å². The lowest BCUT2D eigenvalue weighted by Gasteiger charge is -2.14. The highest BCUT2D eigenvalue weighted by atomic mass is 35.5. The van der Waals surface area contributed by atoms with Crippen molar-refractivity contribution >= 4 is 44.6 Å². The number of aromatic nitrogens is 4. The van der Waals surface area contributed by atoms with Gasteiger partial charge in [-0.05, 0) is 43.2 Å². The Morgan fingerprint density at radius 2 is 1.68 bits per heavy atom. The van der Waals surface area contributed by atoms with Crippen LogP contribution < -0.4 is 0 Å². The molecule has 0 bridgehead atoms. The summed E-state index contributed by atoms with van der Waals surface area (Å²) in [5.41, 5.74) is -1.79. The molecule has 7 nitrogen and oxygen atoms in total. The maximum absolute atomic E-state index is 13.7. The molecule has 2 aromatic carbocycles. The summed E-state index contributed by atoms with van der Waals surface area (Å²) in [4.78, 5) is -0.296. The zero-order valence-corrected chi connectivity index (χ0v) is 21.9. The topological polar surface area (TPSA) is 90.9 Å². The van der Waals surface area contributed by atoms with Crippen molar-refractivity contribution in [2.45, 2.75) is 36.3 Å². The summed E-state index contributed by atoms with van der Waals surface area (Å²) < 4.78 is 74.5. The van der Waals surface area contributed by atoms with Gasteiger partial charge < -0.3 is 4.42 Å². The molecule has 1 saturated carbocycles. The van der Waals surface area contributed by atoms with E-state index in [1.54, 1.807) is 24.3 Å². The van der Waals surface area contributed by atoms with Gasteiger partial charge >= 0.3 is 6.18 Å². The summed E-state index contributed by atoms with van der Waals surface area (Å²) in [6.07, 6.45) is -5.01. The lowest BCUT2D eigenvalue weighted by molar-refractivity contribution is -0.165. The van der Waals surface area contributed by atoms with E-state index in [1.165, 1.54) is 29.8 Å². The number of nitrogens with zero attached hydrogens (tertiary/aromatic N) is 4. The van der Waals surface area contributed by atoms with Crippen LogP contribution in [0.3, 0.4) is 0 Å². The van der Waals surface area contributed by atoms with Crippen molar-refractivity contribution in [2.75, 3.05) is 5.75 Å². The molecule has 0 radical (unpaired) electrons. The largest absolute Gasteiger partial charge is 0.418 e. The smallest absolute Gasteiger partial charge is 0.403 e. The Morgan fingerprint density at radius 1 is 1.03 bits per heavy atom. The van der Waals surface area contributed by atoms with Crippen LogP contribution in [0.4, 0.5) is 13.2 Å². The minimum Gasteiger partial charge on any atom is -0.418 e. The first-order chi connectivity index (χ1) is 17.4. The summed E-state index contributed by atoms with van der Waals surface area (Å²) >= 11 is 18.5. The molecule has 0 amide bonds. The first-order valence-electron chi connectivity index (χ1n) is 10.9. The molecule has 2 aromatic heterocycles. The zero-order valence-electron chi connectivity index (χ0n) is 18.9. The quantitative estimate of drug-likeness (QED) is 0.241. The van der Waals surface area contributed by atoms with Crippen molar-refractivity contribution in [3.63, 3.8) is 0 Å². The molecule has 1 aliphatic carbocycles. The Morgan fingerprint density at radius 3 is 2.24 bits per heavy atom. The molecule has 194 valence electrons. The van der Waals surface area contributed by atoms with Crippen molar-refractivity contribution in [1.82, 2.24) is 20.0 Å². The number of benzene rings is 2. The van der Waals surface area contributed by atoms with E-state index in [0.29, 0.717) is 15.6 Å². The summed E-state index contributed by atoms with van der Waals surface area (Å²) in [6, 6.07) is 10.8. The van der Waals surface area contributed by atoms with Gasteiger partial charge in [-0.25, -0.2) is 13.1 Å². The van der Waals surface area contributed by atoms with E-state index in [0.717, 1.165) is 0 Å². The minimum absolute atomic E-state index is 0.0921. The summed E-state index contributed by atoms with van der Waals surface area (Å²) in [5.74, 6) is -1.44. The van der Waals surface area contributed by atoms with Gasteiger partial charge in [0.05, 0.1) is 22.2 Å². The molecule has 4 aromatic rings. The molecule has 0 N–H and O–H groups in total. The highest BCUT2D eigenvalue weighted by Gasteiger charge is 2.68. The number of sulfone groups is 1. The van der Waals surface area contributed by atoms with Gasteiger partial charge in [0.25, 0.3) is 5.89 Å². The first-order valence-corrected chi connectivity index (χ1v) is 13.6. The van der Waals surface area contributed by atoms with Crippen LogP contribution in [0.5, 0.6) is 0 Å². The van der Waals surface area contributed by atoms with Crippen molar-refractivity contribution in [3.05, 3.63) is 63.4 Å². The van der Waals surface area contributed by atoms with Crippen LogP contribution in [-0.2, 0) is 15.3 Å². The highest BCUT2D eigenvalue weighted by Crippen LogP contribution is 2.58. The van der Waals surface area contributed by atoms with E-state index >= 15 is 0 Å². The molecule has 0 spiro atoms. The van der Waals surface area contributed by atoms with Crippen molar-refractivity contribution in [2.24, 2.45) is 0 Å². The van der Waals surface area contributed by atoms with Gasteiger partial charge in [-0.1, -0.05) is 53.9 Å². The normalized spacial score (nSPS) is 15.2. The Balaban J connectivity index is 1.82. The van der Waals surface area contributed by atoms with E-state index < -0.39 is 33.2 Å². The molecule has 1 fully saturated rings. The van der Waals surface area contributed by atoms with Gasteiger partial charge in [0.2, 0.25) is 5.89 Å². The number of rotatable bonds is 6. The van der Waals surface area contributed by atoms with Crippen LogP contribution in [0, 0.1) is 0 Å². The van der Waals surface area contributed by atoms with Gasteiger partial charge in [0, 0.05) is 15.6 Å². The third-order valence-corrected chi connectivity index (χ3v) is 8.68. The highest BCUT2D eigenvalue weighted by molar-refractivity contribution is 7.91. The van der Waals surface area contributed by atoms with Crippen LogP contribution in [0.2, 0.25) is 15.1 Å². The molecule has 0 saturated heterocycles. The van der Waals surface area contributed by atoms with E-state index in [-0.39, 0.29) is 45.6 Å². The molecule has 1 aliphatic rings. The fraction of sp³-hybridized carbons (Fsp3) is 0.261. The summed E-state index contributed by atoms with van der Waals surface area (Å²) in [7, 11) is -4.05. The van der Waals surface area contributed by atoms with Crippen molar-refractivity contribution < 1.29 is 26.0 Å². The second kappa shape index (κ2) is 9.00. The predicted molar refractivity (Wildman–Crippen MR) is 132 cm³/mol. The van der Waals surface area contributed by atoms with E-state index in [9.17, 15) is 21.6 Å². The van der Waals surface area contributed by atoms with Crippen LogP contribution in [0.15, 0.2) is 51.8 Å². The number of hydrogen-bond acceptors (Lipinski definition) is 6. The van der Waals surface area contributed by atoms with Crippen LogP contribution >= 0.6 is 34.8 Å². The average Bonchev–Trinajstić information content (AvgIpc) is 3.35. The van der Waals surface area contributed by atoms with E-state index in [1.807, 2.05) is 0 Å². The Kier molecular flexibility index (Phi) is 6.33. The summed E-state index contributed by atoms with van der Waals surface area (Å²) in [6.45, 7) is 1.43. The van der Waals surface area contributed by atoms with Gasteiger partial charge in [-0.2, -0.15) is 18.3 Å². The van der Waals surface area contributed by atoms with Crippen LogP contribution in [0.1, 0.15) is 25.7 Å². The third-order valence-electron chi connectivity index (χ3n) is 6.12. The number of alkyl halides is 3. The van der Waals surface area contributed by atoms with Crippen molar-refractivity contribution in [1.29, 1.82) is 0 Å². The second-order valence-electron chi connectivity index (χ2n) is 8.44. The maximum atomic E-state index is 13.7. The minimum atomic E-state index is -4.60. The van der Waals surface area contributed by atoms with Gasteiger partial charge in [0.15, 0.2) is 15.5 Å². The molecule has 37 heavy (non-hydrogen) atoms.